The number of hydrogen-bond donors (Lipinski definition) is 0. The van der Waals surface area contributed by atoms with Crippen LogP contribution in [-0.4, -0.2) is 0 Å². The maximum absolute atomic E-state index is 6.91. The second kappa shape index (κ2) is 13.2. The van der Waals surface area contributed by atoms with E-state index in [1.165, 1.54) is 64.7 Å². The Morgan fingerprint density at radius 1 is 0.407 bits per heavy atom. The number of hydrogen-bond acceptors (Lipinski definition) is 3. The third-order valence-electron chi connectivity index (χ3n) is 12.6. The maximum Gasteiger partial charge on any atom is 0.140 e. The Hall–Kier alpha value is -7.20. The minimum absolute atomic E-state index is 0.467. The highest BCUT2D eigenvalue weighted by molar-refractivity contribution is 7.26. The first-order valence-electron chi connectivity index (χ1n) is 20.2. The zero-order chi connectivity index (χ0) is 39.1. The van der Waals surface area contributed by atoms with Gasteiger partial charge in [-0.05, 0) is 100.0 Å². The van der Waals surface area contributed by atoms with Gasteiger partial charge in [0.05, 0.1) is 0 Å². The first-order chi connectivity index (χ1) is 29.1. The molecule has 12 rings (SSSR count). The quantitative estimate of drug-likeness (QED) is 0.167. The fraction of sp³-hybridized carbons (Fsp3) is 0.0357. The Morgan fingerprint density at radius 2 is 0.966 bits per heavy atom. The van der Waals surface area contributed by atoms with Crippen LogP contribution in [0.25, 0.3) is 75.5 Å². The van der Waals surface area contributed by atoms with Crippen LogP contribution in [-0.2, 0) is 5.41 Å². The summed E-state index contributed by atoms with van der Waals surface area (Å²) in [5, 5.41) is 4.84. The summed E-state index contributed by atoms with van der Waals surface area (Å²) in [4.78, 5) is 2.42. The van der Waals surface area contributed by atoms with E-state index < -0.39 is 5.41 Å². The molecule has 59 heavy (non-hydrogen) atoms. The Kier molecular flexibility index (Phi) is 7.57. The molecule has 278 valence electrons. The molecule has 0 unspecified atom stereocenters. The predicted octanol–water partition coefficient (Wildman–Crippen LogP) is 16.1. The average molecular weight is 772 g/mol. The predicted molar refractivity (Wildman–Crippen MR) is 250 cm³/mol. The van der Waals surface area contributed by atoms with Gasteiger partial charge in [-0.25, -0.2) is 0 Å². The topological polar surface area (TPSA) is 16.4 Å². The van der Waals surface area contributed by atoms with Crippen molar-refractivity contribution in [3.63, 3.8) is 0 Å². The SMILES string of the molecule is CC1(c2cc(N(c3ccc(-c4ccccc4)cc3)c3ccc(-c4cccc5c4sc4ccccc45)cc3)cc3c2oc2ccccc23)c2ccccc2-c2ccccc21. The molecule has 0 atom stereocenters. The smallest absolute Gasteiger partial charge is 0.140 e. The Morgan fingerprint density at radius 3 is 1.69 bits per heavy atom. The fourth-order valence-corrected chi connectivity index (χ4v) is 10.9. The summed E-state index contributed by atoms with van der Waals surface area (Å²) in [5.41, 5.74) is 15.7. The van der Waals surface area contributed by atoms with Gasteiger partial charge in [0, 0.05) is 59.0 Å². The van der Waals surface area contributed by atoms with Crippen molar-refractivity contribution in [2.45, 2.75) is 12.3 Å². The lowest BCUT2D eigenvalue weighted by atomic mass is 9.73. The molecule has 2 heterocycles. The van der Waals surface area contributed by atoms with E-state index in [9.17, 15) is 0 Å². The number of fused-ring (bicyclic) bond motifs is 9. The minimum Gasteiger partial charge on any atom is -0.456 e. The summed E-state index contributed by atoms with van der Waals surface area (Å²) in [6.07, 6.45) is 0. The van der Waals surface area contributed by atoms with E-state index in [2.05, 4.69) is 218 Å². The van der Waals surface area contributed by atoms with Gasteiger partial charge in [-0.3, -0.25) is 0 Å². The highest BCUT2D eigenvalue weighted by atomic mass is 32.1. The van der Waals surface area contributed by atoms with Gasteiger partial charge in [0.15, 0.2) is 0 Å². The highest BCUT2D eigenvalue weighted by Gasteiger charge is 2.43. The van der Waals surface area contributed by atoms with E-state index in [-0.39, 0.29) is 0 Å². The molecule has 0 saturated carbocycles. The van der Waals surface area contributed by atoms with E-state index >= 15 is 0 Å². The molecule has 3 heteroatoms. The molecule has 0 aliphatic heterocycles. The highest BCUT2D eigenvalue weighted by Crippen LogP contribution is 2.55. The van der Waals surface area contributed by atoms with Crippen molar-refractivity contribution in [1.29, 1.82) is 0 Å². The van der Waals surface area contributed by atoms with Gasteiger partial charge in [-0.2, -0.15) is 0 Å². The Bertz CT molecular complexity index is 3350. The van der Waals surface area contributed by atoms with Gasteiger partial charge >= 0.3 is 0 Å². The van der Waals surface area contributed by atoms with Crippen LogP contribution in [0, 0.1) is 0 Å². The molecule has 0 amide bonds. The van der Waals surface area contributed by atoms with Gasteiger partial charge < -0.3 is 9.32 Å². The molecule has 0 spiro atoms. The fourth-order valence-electron chi connectivity index (χ4n) is 9.70. The molecule has 2 nitrogen and oxygen atoms in total. The van der Waals surface area contributed by atoms with Crippen LogP contribution in [0.3, 0.4) is 0 Å². The summed E-state index contributed by atoms with van der Waals surface area (Å²) in [6.45, 7) is 2.38. The van der Waals surface area contributed by atoms with Gasteiger partial charge in [0.2, 0.25) is 0 Å². The van der Waals surface area contributed by atoms with Crippen molar-refractivity contribution in [3.05, 3.63) is 223 Å². The van der Waals surface area contributed by atoms with Crippen molar-refractivity contribution < 1.29 is 4.42 Å². The summed E-state index contributed by atoms with van der Waals surface area (Å²) in [6, 6.07) is 75.1. The normalized spacial score (nSPS) is 13.0. The molecular formula is C56H37NOS. The van der Waals surface area contributed by atoms with Crippen LogP contribution in [0.4, 0.5) is 17.1 Å². The van der Waals surface area contributed by atoms with Crippen LogP contribution < -0.4 is 4.90 Å². The Balaban J connectivity index is 1.09. The van der Waals surface area contributed by atoms with Gasteiger partial charge in [-0.1, -0.05) is 158 Å². The summed E-state index contributed by atoms with van der Waals surface area (Å²) < 4.78 is 9.54. The van der Waals surface area contributed by atoms with Crippen molar-refractivity contribution >= 4 is 70.5 Å². The summed E-state index contributed by atoms with van der Waals surface area (Å²) in [5.74, 6) is 0. The van der Waals surface area contributed by atoms with Gasteiger partial charge in [-0.15, -0.1) is 11.3 Å². The molecule has 1 aliphatic rings. The number of para-hydroxylation sites is 1. The first-order valence-corrected chi connectivity index (χ1v) is 21.1. The minimum atomic E-state index is -0.467. The summed E-state index contributed by atoms with van der Waals surface area (Å²) in [7, 11) is 0. The summed E-state index contributed by atoms with van der Waals surface area (Å²) >= 11 is 1.87. The monoisotopic (exact) mass is 771 g/mol. The largest absolute Gasteiger partial charge is 0.456 e. The Labute approximate surface area is 346 Å². The number of thiophene rings is 1. The molecule has 0 fully saturated rings. The van der Waals surface area contributed by atoms with Crippen LogP contribution in [0.5, 0.6) is 0 Å². The average Bonchev–Trinajstić information content (AvgIpc) is 3.96. The number of furan rings is 1. The molecule has 0 saturated heterocycles. The van der Waals surface area contributed by atoms with Gasteiger partial charge in [0.25, 0.3) is 0 Å². The van der Waals surface area contributed by atoms with Crippen molar-refractivity contribution in [3.8, 4) is 33.4 Å². The maximum atomic E-state index is 6.91. The second-order valence-corrected chi connectivity index (χ2v) is 16.8. The number of nitrogens with zero attached hydrogens (tertiary/aromatic N) is 1. The second-order valence-electron chi connectivity index (χ2n) is 15.8. The molecule has 11 aromatic rings. The molecule has 0 bridgehead atoms. The first kappa shape index (κ1) is 33.9. The van der Waals surface area contributed by atoms with E-state index in [4.69, 9.17) is 4.42 Å². The molecular weight excluding hydrogens is 735 g/mol. The van der Waals surface area contributed by atoms with Crippen LogP contribution in [0.1, 0.15) is 23.6 Å². The van der Waals surface area contributed by atoms with E-state index in [1.54, 1.807) is 0 Å². The molecule has 2 aromatic heterocycles. The van der Waals surface area contributed by atoms with Crippen LogP contribution in [0.15, 0.2) is 211 Å². The zero-order valence-corrected chi connectivity index (χ0v) is 33.2. The molecule has 9 aromatic carbocycles. The molecule has 0 radical (unpaired) electrons. The van der Waals surface area contributed by atoms with Crippen LogP contribution >= 0.6 is 11.3 Å². The lowest BCUT2D eigenvalue weighted by Crippen LogP contribution is -2.23. The number of rotatable bonds is 6. The molecule has 1 aliphatic carbocycles. The van der Waals surface area contributed by atoms with Crippen molar-refractivity contribution in [2.75, 3.05) is 4.90 Å². The lowest BCUT2D eigenvalue weighted by Gasteiger charge is -2.31. The zero-order valence-electron chi connectivity index (χ0n) is 32.4. The van der Waals surface area contributed by atoms with E-state index in [0.29, 0.717) is 0 Å². The van der Waals surface area contributed by atoms with Gasteiger partial charge in [0.1, 0.15) is 11.2 Å². The van der Waals surface area contributed by atoms with Crippen molar-refractivity contribution in [2.24, 2.45) is 0 Å². The van der Waals surface area contributed by atoms with Crippen LogP contribution in [0.2, 0.25) is 0 Å². The van der Waals surface area contributed by atoms with Crippen molar-refractivity contribution in [1.82, 2.24) is 0 Å². The molecule has 0 N–H and O–H groups in total. The third-order valence-corrected chi connectivity index (χ3v) is 13.8. The number of anilines is 3. The third kappa shape index (κ3) is 5.18. The van der Waals surface area contributed by atoms with E-state index in [1.807, 2.05) is 11.3 Å². The van der Waals surface area contributed by atoms with E-state index in [0.717, 1.165) is 44.6 Å². The lowest BCUT2D eigenvalue weighted by molar-refractivity contribution is 0.638. The number of benzene rings is 9. The standard InChI is InChI=1S/C56H37NOS/c1-56(49-22-9-5-16-43(49)44-17-6-10-23-50(44)56)51-35-41(34-48-45-18-7-11-24-52(45)58-54(48)51)57(39-30-26-37(27-31-39)36-14-3-2-4-15-36)40-32-28-38(29-33-40)42-20-13-21-47-46-19-8-12-25-53(46)59-55(42)47/h2-35H,1H3.